The standard InChI is InChI=1S/C17H22N2O2/c1-12-16(20)18-15-10-6-5-9-14(15)11-19(12)17(21)13-7-3-2-4-8-13/h5-6,9-10,12-13H,2-4,7-8,11H2,1H3,(H,18,20). The van der Waals surface area contributed by atoms with Crippen LogP contribution in [0, 0.1) is 5.92 Å². The fourth-order valence-electron chi connectivity index (χ4n) is 3.33. The van der Waals surface area contributed by atoms with Crippen molar-refractivity contribution < 1.29 is 9.59 Å². The van der Waals surface area contributed by atoms with Crippen LogP contribution in [0.2, 0.25) is 0 Å². The van der Waals surface area contributed by atoms with E-state index in [1.807, 2.05) is 31.2 Å². The zero-order valence-corrected chi connectivity index (χ0v) is 12.5. The Morgan fingerprint density at radius 2 is 1.90 bits per heavy atom. The van der Waals surface area contributed by atoms with Gasteiger partial charge in [-0.05, 0) is 31.4 Å². The number of hydrogen-bond donors (Lipinski definition) is 1. The van der Waals surface area contributed by atoms with Crippen LogP contribution in [-0.2, 0) is 16.1 Å². The van der Waals surface area contributed by atoms with Gasteiger partial charge in [0.1, 0.15) is 6.04 Å². The molecule has 0 bridgehead atoms. The van der Waals surface area contributed by atoms with Crippen LogP contribution in [0.5, 0.6) is 0 Å². The third-order valence-corrected chi connectivity index (χ3v) is 4.70. The Bertz CT molecular complexity index is 549. The van der Waals surface area contributed by atoms with Gasteiger partial charge in [-0.1, -0.05) is 37.5 Å². The highest BCUT2D eigenvalue weighted by Gasteiger charge is 2.34. The van der Waals surface area contributed by atoms with Gasteiger partial charge in [0, 0.05) is 18.2 Å². The molecule has 1 aromatic rings. The molecule has 1 N–H and O–H groups in total. The van der Waals surface area contributed by atoms with Gasteiger partial charge < -0.3 is 10.2 Å². The molecule has 1 aromatic carbocycles. The number of anilines is 1. The number of benzene rings is 1. The zero-order valence-electron chi connectivity index (χ0n) is 12.5. The Morgan fingerprint density at radius 3 is 2.67 bits per heavy atom. The summed E-state index contributed by atoms with van der Waals surface area (Å²) in [6.45, 7) is 2.34. The fourth-order valence-corrected chi connectivity index (χ4v) is 3.33. The Kier molecular flexibility index (Phi) is 3.95. The number of carbonyl (C=O) groups is 2. The zero-order chi connectivity index (χ0) is 14.8. The molecule has 4 nitrogen and oxygen atoms in total. The Hall–Kier alpha value is -1.84. The van der Waals surface area contributed by atoms with Crippen molar-refractivity contribution in [3.8, 4) is 0 Å². The van der Waals surface area contributed by atoms with Crippen molar-refractivity contribution in [1.82, 2.24) is 4.90 Å². The molecule has 2 amide bonds. The quantitative estimate of drug-likeness (QED) is 0.863. The minimum atomic E-state index is -0.410. The van der Waals surface area contributed by atoms with Crippen LogP contribution in [0.4, 0.5) is 5.69 Å². The Morgan fingerprint density at radius 1 is 1.19 bits per heavy atom. The van der Waals surface area contributed by atoms with Crippen LogP contribution in [0.15, 0.2) is 24.3 Å². The SMILES string of the molecule is CC1C(=O)Nc2ccccc2CN1C(=O)C1CCCCC1. The fraction of sp³-hybridized carbons (Fsp3) is 0.529. The van der Waals surface area contributed by atoms with Gasteiger partial charge in [-0.15, -0.1) is 0 Å². The predicted octanol–water partition coefficient (Wildman–Crippen LogP) is 2.94. The summed E-state index contributed by atoms with van der Waals surface area (Å²) in [7, 11) is 0. The average Bonchev–Trinajstić information content (AvgIpc) is 2.65. The van der Waals surface area contributed by atoms with E-state index < -0.39 is 6.04 Å². The first-order valence-corrected chi connectivity index (χ1v) is 7.86. The number of nitrogens with zero attached hydrogens (tertiary/aromatic N) is 1. The van der Waals surface area contributed by atoms with E-state index in [9.17, 15) is 9.59 Å². The highest BCUT2D eigenvalue weighted by atomic mass is 16.2. The average molecular weight is 286 g/mol. The lowest BCUT2D eigenvalue weighted by molar-refractivity contribution is -0.143. The van der Waals surface area contributed by atoms with Crippen LogP contribution < -0.4 is 5.32 Å². The highest BCUT2D eigenvalue weighted by molar-refractivity contribution is 5.98. The molecule has 0 radical (unpaired) electrons. The molecule has 4 heteroatoms. The molecule has 1 fully saturated rings. The summed E-state index contributed by atoms with van der Waals surface area (Å²) < 4.78 is 0. The molecule has 0 spiro atoms. The number of nitrogens with one attached hydrogen (secondary N) is 1. The third kappa shape index (κ3) is 2.80. The highest BCUT2D eigenvalue weighted by Crippen LogP contribution is 2.29. The van der Waals surface area contributed by atoms with E-state index in [2.05, 4.69) is 5.32 Å². The first-order chi connectivity index (χ1) is 10.2. The van der Waals surface area contributed by atoms with E-state index in [1.165, 1.54) is 6.42 Å². The van der Waals surface area contributed by atoms with Gasteiger partial charge >= 0.3 is 0 Å². The van der Waals surface area contributed by atoms with E-state index in [0.29, 0.717) is 6.54 Å². The molecule has 0 aromatic heterocycles. The maximum Gasteiger partial charge on any atom is 0.246 e. The molecule has 1 heterocycles. The van der Waals surface area contributed by atoms with Crippen molar-refractivity contribution >= 4 is 17.5 Å². The minimum Gasteiger partial charge on any atom is -0.326 e. The van der Waals surface area contributed by atoms with Crippen molar-refractivity contribution in [1.29, 1.82) is 0 Å². The normalized spacial score (nSPS) is 23.2. The maximum atomic E-state index is 12.8. The van der Waals surface area contributed by atoms with Gasteiger partial charge in [-0.2, -0.15) is 0 Å². The van der Waals surface area contributed by atoms with Crippen molar-refractivity contribution in [2.75, 3.05) is 5.32 Å². The summed E-state index contributed by atoms with van der Waals surface area (Å²) in [5, 5.41) is 2.93. The molecule has 1 aliphatic heterocycles. The van der Waals surface area contributed by atoms with E-state index in [0.717, 1.165) is 36.9 Å². The maximum absolute atomic E-state index is 12.8. The summed E-state index contributed by atoms with van der Waals surface area (Å²) in [6, 6.07) is 7.32. The van der Waals surface area contributed by atoms with Crippen molar-refractivity contribution in [3.63, 3.8) is 0 Å². The molecule has 2 aliphatic rings. The molecule has 21 heavy (non-hydrogen) atoms. The largest absolute Gasteiger partial charge is 0.326 e. The number of hydrogen-bond acceptors (Lipinski definition) is 2. The van der Waals surface area contributed by atoms with Gasteiger partial charge in [0.15, 0.2) is 0 Å². The first-order valence-electron chi connectivity index (χ1n) is 7.86. The summed E-state index contributed by atoms with van der Waals surface area (Å²) in [4.78, 5) is 26.8. The number of fused-ring (bicyclic) bond motifs is 1. The lowest BCUT2D eigenvalue weighted by Gasteiger charge is -2.31. The van der Waals surface area contributed by atoms with Crippen LogP contribution in [0.25, 0.3) is 0 Å². The molecule has 1 saturated carbocycles. The third-order valence-electron chi connectivity index (χ3n) is 4.70. The lowest BCUT2D eigenvalue weighted by atomic mass is 9.88. The molecular formula is C17H22N2O2. The van der Waals surface area contributed by atoms with Gasteiger partial charge in [0.2, 0.25) is 11.8 Å². The number of para-hydroxylation sites is 1. The van der Waals surface area contributed by atoms with E-state index >= 15 is 0 Å². The van der Waals surface area contributed by atoms with Crippen LogP contribution in [0.3, 0.4) is 0 Å². The Labute approximate surface area is 125 Å². The summed E-state index contributed by atoms with van der Waals surface area (Å²) >= 11 is 0. The monoisotopic (exact) mass is 286 g/mol. The van der Waals surface area contributed by atoms with E-state index in [4.69, 9.17) is 0 Å². The van der Waals surface area contributed by atoms with Gasteiger partial charge in [-0.25, -0.2) is 0 Å². The van der Waals surface area contributed by atoms with Crippen LogP contribution in [0.1, 0.15) is 44.6 Å². The molecule has 1 aliphatic carbocycles. The van der Waals surface area contributed by atoms with Gasteiger partial charge in [0.25, 0.3) is 0 Å². The minimum absolute atomic E-state index is 0.0934. The first kappa shape index (κ1) is 14.1. The second-order valence-corrected chi connectivity index (χ2v) is 6.12. The topological polar surface area (TPSA) is 49.4 Å². The molecule has 112 valence electrons. The predicted molar refractivity (Wildman–Crippen MR) is 81.7 cm³/mol. The smallest absolute Gasteiger partial charge is 0.246 e. The molecule has 0 saturated heterocycles. The molecule has 1 unspecified atom stereocenters. The summed E-state index contributed by atoms with van der Waals surface area (Å²) in [6.07, 6.45) is 5.40. The molecule has 1 atom stereocenters. The van der Waals surface area contributed by atoms with Crippen molar-refractivity contribution in [2.45, 2.75) is 51.6 Å². The number of carbonyl (C=O) groups excluding carboxylic acids is 2. The van der Waals surface area contributed by atoms with Gasteiger partial charge in [0.05, 0.1) is 0 Å². The molecule has 3 rings (SSSR count). The van der Waals surface area contributed by atoms with Crippen molar-refractivity contribution in [2.24, 2.45) is 5.92 Å². The van der Waals surface area contributed by atoms with Crippen LogP contribution in [-0.4, -0.2) is 22.8 Å². The van der Waals surface area contributed by atoms with Crippen LogP contribution >= 0.6 is 0 Å². The van der Waals surface area contributed by atoms with Gasteiger partial charge in [-0.3, -0.25) is 9.59 Å². The van der Waals surface area contributed by atoms with E-state index in [1.54, 1.807) is 4.90 Å². The number of amides is 2. The second-order valence-electron chi connectivity index (χ2n) is 6.12. The molecular weight excluding hydrogens is 264 g/mol. The van der Waals surface area contributed by atoms with E-state index in [-0.39, 0.29) is 17.7 Å². The van der Waals surface area contributed by atoms with Crippen molar-refractivity contribution in [3.05, 3.63) is 29.8 Å². The summed E-state index contributed by atoms with van der Waals surface area (Å²) in [5.41, 5.74) is 1.84. The lowest BCUT2D eigenvalue weighted by Crippen LogP contribution is -2.46. The second kappa shape index (κ2) is 5.88. The Balaban J connectivity index is 1.86. The number of rotatable bonds is 1. The summed E-state index contributed by atoms with van der Waals surface area (Å²) in [5.74, 6) is 0.150.